The third-order valence-electron chi connectivity index (χ3n) is 2.34. The number of ether oxygens (including phenoxy) is 3. The number of hydrogen-bond donors (Lipinski definition) is 3. The quantitative estimate of drug-likeness (QED) is 0.498. The van der Waals surface area contributed by atoms with Crippen LogP contribution in [0.5, 0.6) is 0 Å². The van der Waals surface area contributed by atoms with E-state index in [9.17, 15) is 10.2 Å². The highest BCUT2D eigenvalue weighted by Crippen LogP contribution is 2.20. The standard InChI is InChI=1S/C8H17NO5/c1-12-3-4-7(13-2)6(10)5(9)8(11)14-4/h4-8,10-11H,3,9H2,1-2H3. The lowest BCUT2D eigenvalue weighted by Crippen LogP contribution is -2.62. The molecule has 1 aliphatic heterocycles. The molecule has 0 aliphatic carbocycles. The van der Waals surface area contributed by atoms with Gasteiger partial charge in [-0.15, -0.1) is 0 Å². The average Bonchev–Trinajstić information content (AvgIpc) is 2.16. The maximum Gasteiger partial charge on any atom is 0.173 e. The summed E-state index contributed by atoms with van der Waals surface area (Å²) in [6.45, 7) is 0.235. The Labute approximate surface area is 82.6 Å². The molecule has 0 aromatic carbocycles. The van der Waals surface area contributed by atoms with Gasteiger partial charge in [-0.25, -0.2) is 0 Å². The summed E-state index contributed by atoms with van der Waals surface area (Å²) in [5.41, 5.74) is 5.50. The fraction of sp³-hybridized carbons (Fsp3) is 1.00. The highest BCUT2D eigenvalue weighted by atomic mass is 16.6. The zero-order valence-electron chi connectivity index (χ0n) is 8.29. The number of rotatable bonds is 3. The second kappa shape index (κ2) is 5.01. The maximum absolute atomic E-state index is 9.66. The summed E-state index contributed by atoms with van der Waals surface area (Å²) in [5.74, 6) is 0. The molecule has 0 saturated carbocycles. The second-order valence-electron chi connectivity index (χ2n) is 3.29. The Morgan fingerprint density at radius 2 is 2.00 bits per heavy atom. The lowest BCUT2D eigenvalue weighted by Gasteiger charge is -2.40. The summed E-state index contributed by atoms with van der Waals surface area (Å²) in [7, 11) is 2.95. The minimum Gasteiger partial charge on any atom is -0.388 e. The summed E-state index contributed by atoms with van der Waals surface area (Å²) in [4.78, 5) is 0. The largest absolute Gasteiger partial charge is 0.388 e. The summed E-state index contributed by atoms with van der Waals surface area (Å²) < 4.78 is 15.1. The smallest absolute Gasteiger partial charge is 0.173 e. The van der Waals surface area contributed by atoms with E-state index in [1.54, 1.807) is 0 Å². The first kappa shape index (κ1) is 11.8. The fourth-order valence-electron chi connectivity index (χ4n) is 1.54. The van der Waals surface area contributed by atoms with Crippen LogP contribution >= 0.6 is 0 Å². The summed E-state index contributed by atoms with van der Waals surface area (Å²) in [6.07, 6.45) is -3.22. The van der Waals surface area contributed by atoms with E-state index in [0.29, 0.717) is 0 Å². The number of nitrogens with two attached hydrogens (primary N) is 1. The first-order valence-corrected chi connectivity index (χ1v) is 4.40. The molecule has 6 nitrogen and oxygen atoms in total. The van der Waals surface area contributed by atoms with E-state index in [1.165, 1.54) is 14.2 Å². The third-order valence-corrected chi connectivity index (χ3v) is 2.34. The molecular formula is C8H17NO5. The lowest BCUT2D eigenvalue weighted by atomic mass is 9.98. The van der Waals surface area contributed by atoms with Gasteiger partial charge in [0.2, 0.25) is 0 Å². The molecule has 84 valence electrons. The Kier molecular flexibility index (Phi) is 4.24. The molecule has 5 unspecified atom stereocenters. The van der Waals surface area contributed by atoms with E-state index in [4.69, 9.17) is 19.9 Å². The zero-order chi connectivity index (χ0) is 10.7. The molecule has 0 amide bonds. The topological polar surface area (TPSA) is 94.2 Å². The molecule has 0 radical (unpaired) electrons. The molecule has 0 spiro atoms. The van der Waals surface area contributed by atoms with Gasteiger partial charge >= 0.3 is 0 Å². The highest BCUT2D eigenvalue weighted by molar-refractivity contribution is 4.91. The van der Waals surface area contributed by atoms with Crippen LogP contribution in [0.2, 0.25) is 0 Å². The normalized spacial score (nSPS) is 43.9. The lowest BCUT2D eigenvalue weighted by molar-refractivity contribution is -0.255. The van der Waals surface area contributed by atoms with Crippen LogP contribution in [0.15, 0.2) is 0 Å². The van der Waals surface area contributed by atoms with Gasteiger partial charge < -0.3 is 30.2 Å². The predicted molar refractivity (Wildman–Crippen MR) is 47.5 cm³/mol. The van der Waals surface area contributed by atoms with Crippen molar-refractivity contribution in [3.63, 3.8) is 0 Å². The van der Waals surface area contributed by atoms with E-state index in [2.05, 4.69) is 0 Å². The van der Waals surface area contributed by atoms with Crippen molar-refractivity contribution in [2.24, 2.45) is 5.73 Å². The molecule has 0 bridgehead atoms. The van der Waals surface area contributed by atoms with Crippen LogP contribution in [0.25, 0.3) is 0 Å². The van der Waals surface area contributed by atoms with Crippen LogP contribution in [0.1, 0.15) is 0 Å². The van der Waals surface area contributed by atoms with E-state index >= 15 is 0 Å². The molecule has 6 heteroatoms. The summed E-state index contributed by atoms with van der Waals surface area (Å²) >= 11 is 0. The van der Waals surface area contributed by atoms with E-state index in [0.717, 1.165) is 0 Å². The van der Waals surface area contributed by atoms with Crippen LogP contribution in [-0.4, -0.2) is 61.7 Å². The van der Waals surface area contributed by atoms with Gasteiger partial charge in [0.05, 0.1) is 12.6 Å². The molecule has 5 atom stereocenters. The monoisotopic (exact) mass is 207 g/mol. The Bertz CT molecular complexity index is 179. The maximum atomic E-state index is 9.66. The van der Waals surface area contributed by atoms with Crippen LogP contribution in [0.4, 0.5) is 0 Å². The van der Waals surface area contributed by atoms with Crippen molar-refractivity contribution < 1.29 is 24.4 Å². The summed E-state index contributed by atoms with van der Waals surface area (Å²) in [6, 6.07) is -0.854. The van der Waals surface area contributed by atoms with Gasteiger partial charge in [-0.2, -0.15) is 0 Å². The molecule has 0 aromatic heterocycles. The number of methoxy groups -OCH3 is 2. The molecular weight excluding hydrogens is 190 g/mol. The molecule has 1 aliphatic rings. The van der Waals surface area contributed by atoms with Gasteiger partial charge in [0.1, 0.15) is 18.3 Å². The molecule has 1 fully saturated rings. The van der Waals surface area contributed by atoms with Crippen molar-refractivity contribution in [2.75, 3.05) is 20.8 Å². The van der Waals surface area contributed by atoms with E-state index < -0.39 is 30.6 Å². The van der Waals surface area contributed by atoms with Crippen LogP contribution in [0.3, 0.4) is 0 Å². The van der Waals surface area contributed by atoms with Gasteiger partial charge in [-0.3, -0.25) is 0 Å². The minimum atomic E-state index is -1.18. The Hall–Kier alpha value is -0.240. The Balaban J connectivity index is 2.66. The van der Waals surface area contributed by atoms with Crippen molar-refractivity contribution in [2.45, 2.75) is 30.6 Å². The number of aliphatic hydroxyl groups excluding tert-OH is 2. The average molecular weight is 207 g/mol. The number of hydrogen-bond acceptors (Lipinski definition) is 6. The Morgan fingerprint density at radius 3 is 2.50 bits per heavy atom. The van der Waals surface area contributed by atoms with Gasteiger partial charge in [0.15, 0.2) is 6.29 Å². The first-order valence-electron chi connectivity index (χ1n) is 4.40. The molecule has 1 rings (SSSR count). The van der Waals surface area contributed by atoms with Crippen molar-refractivity contribution in [3.05, 3.63) is 0 Å². The summed E-state index contributed by atoms with van der Waals surface area (Å²) in [5, 5.41) is 19.0. The highest BCUT2D eigenvalue weighted by Gasteiger charge is 2.42. The third kappa shape index (κ3) is 2.22. The van der Waals surface area contributed by atoms with Crippen molar-refractivity contribution in [1.29, 1.82) is 0 Å². The van der Waals surface area contributed by atoms with Gasteiger partial charge in [-0.1, -0.05) is 0 Å². The minimum absolute atomic E-state index is 0.235. The van der Waals surface area contributed by atoms with Crippen molar-refractivity contribution >= 4 is 0 Å². The van der Waals surface area contributed by atoms with Gasteiger partial charge in [0, 0.05) is 14.2 Å². The van der Waals surface area contributed by atoms with E-state index in [-0.39, 0.29) is 6.61 Å². The van der Waals surface area contributed by atoms with Crippen molar-refractivity contribution in [1.82, 2.24) is 0 Å². The SMILES string of the molecule is COCC1OC(O)C(N)C(O)C1OC. The molecule has 14 heavy (non-hydrogen) atoms. The fourth-order valence-corrected chi connectivity index (χ4v) is 1.54. The van der Waals surface area contributed by atoms with Crippen LogP contribution in [0, 0.1) is 0 Å². The molecule has 4 N–H and O–H groups in total. The predicted octanol–water partition coefficient (Wildman–Crippen LogP) is -1.95. The first-order chi connectivity index (χ1) is 6.61. The van der Waals surface area contributed by atoms with Crippen LogP contribution < -0.4 is 5.73 Å². The molecule has 1 heterocycles. The van der Waals surface area contributed by atoms with E-state index in [1.807, 2.05) is 0 Å². The van der Waals surface area contributed by atoms with Crippen LogP contribution in [-0.2, 0) is 14.2 Å². The van der Waals surface area contributed by atoms with Gasteiger partial charge in [-0.05, 0) is 0 Å². The van der Waals surface area contributed by atoms with Gasteiger partial charge in [0.25, 0.3) is 0 Å². The number of aliphatic hydroxyl groups is 2. The molecule has 1 saturated heterocycles. The Morgan fingerprint density at radius 1 is 1.36 bits per heavy atom. The van der Waals surface area contributed by atoms with Crippen molar-refractivity contribution in [3.8, 4) is 0 Å². The zero-order valence-corrected chi connectivity index (χ0v) is 8.29. The second-order valence-corrected chi connectivity index (χ2v) is 3.29. The molecule has 0 aromatic rings.